The van der Waals surface area contributed by atoms with Crippen LogP contribution >= 0.6 is 0 Å². The maximum atomic E-state index is 10.9. The number of hydrogen-bond donors (Lipinski definition) is 2. The Labute approximate surface area is 94.8 Å². The number of primary amides is 1. The average Bonchev–Trinajstić information content (AvgIpc) is 2.22. The SMILES string of the molecule is COc1c(C)cnc(CC(N)C(N)=O)c1C. The first-order valence-corrected chi connectivity index (χ1v) is 5.01. The zero-order valence-electron chi connectivity index (χ0n) is 9.78. The largest absolute Gasteiger partial charge is 0.496 e. The minimum Gasteiger partial charge on any atom is -0.496 e. The fraction of sp³-hybridized carbons (Fsp3) is 0.455. The van der Waals surface area contributed by atoms with Crippen molar-refractivity contribution in [3.63, 3.8) is 0 Å². The van der Waals surface area contributed by atoms with Crippen LogP contribution in [0.5, 0.6) is 5.75 Å². The zero-order chi connectivity index (χ0) is 12.3. The van der Waals surface area contributed by atoms with Gasteiger partial charge in [-0.3, -0.25) is 9.78 Å². The van der Waals surface area contributed by atoms with Gasteiger partial charge in [0.25, 0.3) is 0 Å². The van der Waals surface area contributed by atoms with Crippen LogP contribution in [-0.2, 0) is 11.2 Å². The number of pyridine rings is 1. The molecule has 1 amide bonds. The van der Waals surface area contributed by atoms with Crippen molar-refractivity contribution in [3.05, 3.63) is 23.0 Å². The fourth-order valence-corrected chi connectivity index (χ4v) is 1.59. The Hall–Kier alpha value is -1.62. The summed E-state index contributed by atoms with van der Waals surface area (Å²) >= 11 is 0. The predicted molar refractivity (Wildman–Crippen MR) is 61.1 cm³/mol. The molecule has 1 aromatic heterocycles. The quantitative estimate of drug-likeness (QED) is 0.755. The molecule has 1 rings (SSSR count). The number of aryl methyl sites for hydroxylation is 1. The van der Waals surface area contributed by atoms with Crippen molar-refractivity contribution in [3.8, 4) is 5.75 Å². The summed E-state index contributed by atoms with van der Waals surface area (Å²) in [5, 5.41) is 0. The summed E-state index contributed by atoms with van der Waals surface area (Å²) in [6, 6.07) is -0.710. The molecular weight excluding hydrogens is 206 g/mol. The number of carbonyl (C=O) groups is 1. The van der Waals surface area contributed by atoms with Crippen molar-refractivity contribution in [1.29, 1.82) is 0 Å². The lowest BCUT2D eigenvalue weighted by Gasteiger charge is -2.13. The highest BCUT2D eigenvalue weighted by molar-refractivity contribution is 5.79. The molecule has 0 fully saturated rings. The molecule has 1 atom stereocenters. The number of carbonyl (C=O) groups excluding carboxylic acids is 1. The molecule has 0 bridgehead atoms. The molecule has 1 aromatic rings. The molecule has 1 unspecified atom stereocenters. The summed E-state index contributed by atoms with van der Waals surface area (Å²) in [6.07, 6.45) is 2.03. The van der Waals surface area contributed by atoms with E-state index in [2.05, 4.69) is 4.98 Å². The van der Waals surface area contributed by atoms with Gasteiger partial charge in [-0.2, -0.15) is 0 Å². The third-order valence-corrected chi connectivity index (χ3v) is 2.53. The molecule has 88 valence electrons. The molecule has 0 aromatic carbocycles. The van der Waals surface area contributed by atoms with Crippen LogP contribution in [0.15, 0.2) is 6.20 Å². The van der Waals surface area contributed by atoms with Crippen LogP contribution in [0.4, 0.5) is 0 Å². The molecule has 5 heteroatoms. The van der Waals surface area contributed by atoms with Crippen molar-refractivity contribution < 1.29 is 9.53 Å². The van der Waals surface area contributed by atoms with Crippen LogP contribution in [-0.4, -0.2) is 24.0 Å². The smallest absolute Gasteiger partial charge is 0.234 e. The van der Waals surface area contributed by atoms with Crippen LogP contribution in [0.2, 0.25) is 0 Å². The van der Waals surface area contributed by atoms with E-state index in [0.29, 0.717) is 6.42 Å². The third kappa shape index (κ3) is 2.49. The highest BCUT2D eigenvalue weighted by atomic mass is 16.5. The molecule has 1 heterocycles. The Balaban J connectivity index is 3.02. The summed E-state index contributed by atoms with van der Waals surface area (Å²) in [6.45, 7) is 3.80. The van der Waals surface area contributed by atoms with Crippen molar-refractivity contribution in [2.75, 3.05) is 7.11 Å². The highest BCUT2D eigenvalue weighted by Crippen LogP contribution is 2.24. The molecule has 0 aliphatic rings. The first-order valence-electron chi connectivity index (χ1n) is 5.01. The molecule has 0 spiro atoms. The number of hydrogen-bond acceptors (Lipinski definition) is 4. The Morgan fingerprint density at radius 1 is 1.56 bits per heavy atom. The Bertz CT molecular complexity index is 404. The fourth-order valence-electron chi connectivity index (χ4n) is 1.59. The van der Waals surface area contributed by atoms with Gasteiger partial charge in [0.1, 0.15) is 5.75 Å². The lowest BCUT2D eigenvalue weighted by Crippen LogP contribution is -2.38. The molecular formula is C11H17N3O2. The van der Waals surface area contributed by atoms with Gasteiger partial charge in [-0.05, 0) is 13.8 Å². The minimum atomic E-state index is -0.710. The van der Waals surface area contributed by atoms with Crippen LogP contribution in [0, 0.1) is 13.8 Å². The molecule has 16 heavy (non-hydrogen) atoms. The van der Waals surface area contributed by atoms with E-state index >= 15 is 0 Å². The van der Waals surface area contributed by atoms with E-state index in [0.717, 1.165) is 22.6 Å². The van der Waals surface area contributed by atoms with Gasteiger partial charge in [0.05, 0.1) is 13.2 Å². The predicted octanol–water partition coefficient (Wildman–Crippen LogP) is 0.0621. The molecule has 0 radical (unpaired) electrons. The highest BCUT2D eigenvalue weighted by Gasteiger charge is 2.15. The average molecular weight is 223 g/mol. The van der Waals surface area contributed by atoms with Gasteiger partial charge in [0, 0.05) is 29.4 Å². The van der Waals surface area contributed by atoms with E-state index in [9.17, 15) is 4.79 Å². The molecule has 0 aliphatic carbocycles. The number of nitrogens with two attached hydrogens (primary N) is 2. The van der Waals surface area contributed by atoms with Crippen LogP contribution in [0.25, 0.3) is 0 Å². The van der Waals surface area contributed by atoms with Crippen LogP contribution in [0.1, 0.15) is 16.8 Å². The lowest BCUT2D eigenvalue weighted by atomic mass is 10.0. The standard InChI is InChI=1S/C11H17N3O2/c1-6-5-14-9(4-8(12)11(13)15)7(2)10(6)16-3/h5,8H,4,12H2,1-3H3,(H2,13,15). The molecule has 0 saturated carbocycles. The van der Waals surface area contributed by atoms with Gasteiger partial charge >= 0.3 is 0 Å². The lowest BCUT2D eigenvalue weighted by molar-refractivity contribution is -0.119. The molecule has 0 saturated heterocycles. The number of nitrogens with zero attached hydrogens (tertiary/aromatic N) is 1. The zero-order valence-corrected chi connectivity index (χ0v) is 9.78. The topological polar surface area (TPSA) is 91.2 Å². The Morgan fingerprint density at radius 2 is 2.19 bits per heavy atom. The van der Waals surface area contributed by atoms with Crippen molar-refractivity contribution in [2.24, 2.45) is 11.5 Å². The number of ether oxygens (including phenoxy) is 1. The van der Waals surface area contributed by atoms with Gasteiger partial charge in [-0.25, -0.2) is 0 Å². The monoisotopic (exact) mass is 223 g/mol. The Morgan fingerprint density at radius 3 is 2.69 bits per heavy atom. The third-order valence-electron chi connectivity index (χ3n) is 2.53. The van der Waals surface area contributed by atoms with Gasteiger partial charge in [0.15, 0.2) is 0 Å². The van der Waals surface area contributed by atoms with Crippen LogP contribution < -0.4 is 16.2 Å². The summed E-state index contributed by atoms with van der Waals surface area (Å²) in [4.78, 5) is 15.1. The number of methoxy groups -OCH3 is 1. The summed E-state index contributed by atoms with van der Waals surface area (Å²) in [5.41, 5.74) is 13.3. The second-order valence-corrected chi connectivity index (χ2v) is 3.76. The molecule has 0 aliphatic heterocycles. The first-order chi connectivity index (χ1) is 7.47. The van der Waals surface area contributed by atoms with Gasteiger partial charge in [0.2, 0.25) is 5.91 Å². The van der Waals surface area contributed by atoms with Crippen molar-refractivity contribution in [1.82, 2.24) is 4.98 Å². The molecule has 5 nitrogen and oxygen atoms in total. The number of aromatic nitrogens is 1. The van der Waals surface area contributed by atoms with Crippen molar-refractivity contribution in [2.45, 2.75) is 26.3 Å². The maximum Gasteiger partial charge on any atom is 0.234 e. The first kappa shape index (κ1) is 12.4. The van der Waals surface area contributed by atoms with E-state index in [1.54, 1.807) is 13.3 Å². The number of rotatable bonds is 4. The van der Waals surface area contributed by atoms with E-state index in [1.807, 2.05) is 13.8 Å². The minimum absolute atomic E-state index is 0.331. The van der Waals surface area contributed by atoms with E-state index < -0.39 is 11.9 Å². The van der Waals surface area contributed by atoms with Gasteiger partial charge in [-0.1, -0.05) is 0 Å². The van der Waals surface area contributed by atoms with Gasteiger partial charge < -0.3 is 16.2 Å². The van der Waals surface area contributed by atoms with E-state index in [4.69, 9.17) is 16.2 Å². The van der Waals surface area contributed by atoms with Gasteiger partial charge in [-0.15, -0.1) is 0 Å². The summed E-state index contributed by atoms with van der Waals surface area (Å²) in [5.74, 6) is 0.252. The summed E-state index contributed by atoms with van der Waals surface area (Å²) < 4.78 is 5.26. The Kier molecular flexibility index (Phi) is 3.84. The second kappa shape index (κ2) is 4.94. The van der Waals surface area contributed by atoms with E-state index in [-0.39, 0.29) is 0 Å². The van der Waals surface area contributed by atoms with Crippen molar-refractivity contribution >= 4 is 5.91 Å². The van der Waals surface area contributed by atoms with E-state index in [1.165, 1.54) is 0 Å². The number of amides is 1. The second-order valence-electron chi connectivity index (χ2n) is 3.76. The normalized spacial score (nSPS) is 12.2. The summed E-state index contributed by atoms with van der Waals surface area (Å²) in [7, 11) is 1.60. The molecule has 4 N–H and O–H groups in total. The maximum absolute atomic E-state index is 10.9. The van der Waals surface area contributed by atoms with Crippen LogP contribution in [0.3, 0.4) is 0 Å².